The number of anilines is 3. The third kappa shape index (κ3) is 5.07. The lowest BCUT2D eigenvalue weighted by atomic mass is 10.1. The predicted molar refractivity (Wildman–Crippen MR) is 130 cm³/mol. The molecule has 35 heavy (non-hydrogen) atoms. The number of hydrogen-bond donors (Lipinski definition) is 2. The van der Waals surface area contributed by atoms with Crippen molar-refractivity contribution >= 4 is 38.4 Å². The maximum atomic E-state index is 13.5. The van der Waals surface area contributed by atoms with Crippen molar-refractivity contribution in [3.63, 3.8) is 0 Å². The second kappa shape index (κ2) is 8.84. The van der Waals surface area contributed by atoms with Gasteiger partial charge in [0.05, 0.1) is 21.5 Å². The number of fused-ring (bicyclic) bond motifs is 1. The molecule has 4 rings (SSSR count). The van der Waals surface area contributed by atoms with Crippen molar-refractivity contribution < 1.29 is 21.6 Å². The zero-order valence-corrected chi connectivity index (χ0v) is 20.3. The highest BCUT2D eigenvalue weighted by atomic mass is 32.2. The first kappa shape index (κ1) is 24.5. The fourth-order valence-electron chi connectivity index (χ4n) is 3.54. The van der Waals surface area contributed by atoms with Gasteiger partial charge in [-0.1, -0.05) is 18.2 Å². The molecule has 0 aliphatic carbocycles. The van der Waals surface area contributed by atoms with Crippen LogP contribution in [0.4, 0.5) is 30.5 Å². The van der Waals surface area contributed by atoms with E-state index in [2.05, 4.69) is 20.0 Å². The van der Waals surface area contributed by atoms with Crippen LogP contribution in [-0.2, 0) is 16.2 Å². The minimum atomic E-state index is -4.85. The lowest BCUT2D eigenvalue weighted by Gasteiger charge is -2.17. The normalized spacial score (nSPS) is 12.1. The molecule has 3 aromatic carbocycles. The fourth-order valence-corrected chi connectivity index (χ4v) is 4.78. The molecule has 0 saturated carbocycles. The minimum absolute atomic E-state index is 0.0667. The average Bonchev–Trinajstić information content (AvgIpc) is 2.77. The number of alkyl halides is 3. The summed E-state index contributed by atoms with van der Waals surface area (Å²) in [5.41, 5.74) is 4.22. The molecule has 182 valence electrons. The van der Waals surface area contributed by atoms with Crippen LogP contribution in [0.15, 0.2) is 59.5 Å². The van der Waals surface area contributed by atoms with Crippen LogP contribution >= 0.6 is 0 Å². The second-order valence-corrected chi connectivity index (χ2v) is 10.0. The first-order valence-corrected chi connectivity index (χ1v) is 12.2. The molecular weight excluding hydrogens is 477 g/mol. The van der Waals surface area contributed by atoms with Gasteiger partial charge >= 0.3 is 6.18 Å². The Labute approximate surface area is 201 Å². The Morgan fingerprint density at radius 3 is 1.91 bits per heavy atom. The molecule has 2 N–H and O–H groups in total. The Morgan fingerprint density at radius 1 is 0.743 bits per heavy atom. The second-order valence-electron chi connectivity index (χ2n) is 8.37. The number of nitrogens with zero attached hydrogens (tertiary/aromatic N) is 2. The third-order valence-electron chi connectivity index (χ3n) is 5.76. The smallest absolute Gasteiger partial charge is 0.337 e. The van der Waals surface area contributed by atoms with E-state index in [1.807, 2.05) is 45.9 Å². The number of aryl methyl sites for hydroxylation is 4. The van der Waals surface area contributed by atoms with E-state index in [1.165, 1.54) is 6.07 Å². The lowest BCUT2D eigenvalue weighted by Crippen LogP contribution is -2.20. The van der Waals surface area contributed by atoms with Gasteiger partial charge in [-0.05, 0) is 86.3 Å². The van der Waals surface area contributed by atoms with Crippen LogP contribution in [0.25, 0.3) is 11.0 Å². The van der Waals surface area contributed by atoms with Gasteiger partial charge in [0.1, 0.15) is 0 Å². The predicted octanol–water partition coefficient (Wildman–Crippen LogP) is 6.43. The Balaban J connectivity index is 1.86. The van der Waals surface area contributed by atoms with E-state index in [9.17, 15) is 21.6 Å². The molecule has 10 heteroatoms. The zero-order valence-electron chi connectivity index (χ0n) is 19.4. The van der Waals surface area contributed by atoms with E-state index in [-0.39, 0.29) is 11.6 Å². The first-order valence-electron chi connectivity index (χ1n) is 10.7. The number of sulfonamides is 1. The van der Waals surface area contributed by atoms with Gasteiger partial charge < -0.3 is 5.32 Å². The highest BCUT2D eigenvalue weighted by Gasteiger charge is 2.37. The first-order chi connectivity index (χ1) is 16.3. The van der Waals surface area contributed by atoms with Crippen LogP contribution in [0.5, 0.6) is 0 Å². The number of hydrogen-bond acceptors (Lipinski definition) is 5. The van der Waals surface area contributed by atoms with Gasteiger partial charge in [0.25, 0.3) is 10.0 Å². The fraction of sp³-hybridized carbons (Fsp3) is 0.200. The molecule has 1 aromatic heterocycles. The molecule has 0 aliphatic rings. The summed E-state index contributed by atoms with van der Waals surface area (Å²) in [4.78, 5) is 8.07. The minimum Gasteiger partial charge on any atom is -0.337 e. The summed E-state index contributed by atoms with van der Waals surface area (Å²) in [5.74, 6) is -0.145. The van der Waals surface area contributed by atoms with Gasteiger partial charge in [-0.25, -0.2) is 18.4 Å². The van der Waals surface area contributed by atoms with E-state index in [0.29, 0.717) is 16.7 Å². The van der Waals surface area contributed by atoms with E-state index in [0.717, 1.165) is 40.5 Å². The Hall–Kier alpha value is -3.66. The molecule has 0 bridgehead atoms. The maximum Gasteiger partial charge on any atom is 0.417 e. The molecule has 0 fully saturated rings. The van der Waals surface area contributed by atoms with Crippen molar-refractivity contribution in [2.24, 2.45) is 0 Å². The largest absolute Gasteiger partial charge is 0.417 e. The van der Waals surface area contributed by atoms with Gasteiger partial charge in [0.2, 0.25) is 0 Å². The highest BCUT2D eigenvalue weighted by Crippen LogP contribution is 2.35. The topological polar surface area (TPSA) is 84.0 Å². The number of halogens is 3. The molecule has 0 saturated heterocycles. The Bertz CT molecular complexity index is 1550. The summed E-state index contributed by atoms with van der Waals surface area (Å²) in [5, 5.41) is 3.06. The van der Waals surface area contributed by atoms with Crippen molar-refractivity contribution in [3.8, 4) is 0 Å². The van der Waals surface area contributed by atoms with Crippen molar-refractivity contribution in [2.75, 3.05) is 10.0 Å². The monoisotopic (exact) mass is 500 g/mol. The van der Waals surface area contributed by atoms with E-state index in [1.54, 1.807) is 12.1 Å². The summed E-state index contributed by atoms with van der Waals surface area (Å²) < 4.78 is 69.0. The number of nitrogens with one attached hydrogen (secondary N) is 2. The van der Waals surface area contributed by atoms with Crippen LogP contribution in [0.2, 0.25) is 0 Å². The van der Waals surface area contributed by atoms with E-state index >= 15 is 0 Å². The maximum absolute atomic E-state index is 13.5. The summed E-state index contributed by atoms with van der Waals surface area (Å²) >= 11 is 0. The van der Waals surface area contributed by atoms with Gasteiger partial charge in [-0.3, -0.25) is 4.72 Å². The van der Waals surface area contributed by atoms with E-state index < -0.39 is 26.7 Å². The number of rotatable bonds is 5. The third-order valence-corrected chi connectivity index (χ3v) is 7.16. The quantitative estimate of drug-likeness (QED) is 0.330. The number of aromatic nitrogens is 2. The van der Waals surface area contributed by atoms with E-state index in [4.69, 9.17) is 0 Å². The molecule has 1 heterocycles. The summed E-state index contributed by atoms with van der Waals surface area (Å²) in [6.07, 6.45) is -4.85. The number of benzene rings is 3. The van der Waals surface area contributed by atoms with Crippen molar-refractivity contribution in [2.45, 2.75) is 38.8 Å². The molecule has 0 amide bonds. The van der Waals surface area contributed by atoms with Gasteiger partial charge in [-0.2, -0.15) is 13.2 Å². The van der Waals surface area contributed by atoms with Crippen LogP contribution in [0.3, 0.4) is 0 Å². The molecule has 0 aliphatic heterocycles. The van der Waals surface area contributed by atoms with Crippen LogP contribution in [0.1, 0.15) is 27.8 Å². The average molecular weight is 501 g/mol. The van der Waals surface area contributed by atoms with Gasteiger partial charge in [0, 0.05) is 5.69 Å². The Kier molecular flexibility index (Phi) is 6.18. The highest BCUT2D eigenvalue weighted by molar-refractivity contribution is 7.92. The van der Waals surface area contributed by atoms with Crippen LogP contribution in [0, 0.1) is 27.7 Å². The molecule has 0 spiro atoms. The van der Waals surface area contributed by atoms with Gasteiger partial charge in [0.15, 0.2) is 11.6 Å². The Morgan fingerprint density at radius 2 is 1.31 bits per heavy atom. The summed E-state index contributed by atoms with van der Waals surface area (Å²) in [6.45, 7) is 7.67. The SMILES string of the molecule is Cc1ccc(Nc2nc3cc(C)c(C)cc3nc2NS(=O)(=O)c2ccccc2C(F)(F)F)cc1C. The molecule has 0 radical (unpaired) electrons. The zero-order chi connectivity index (χ0) is 25.5. The summed E-state index contributed by atoms with van der Waals surface area (Å²) in [7, 11) is -4.66. The standard InChI is InChI=1S/C25H23F3N4O2S/c1-14-9-10-18(11-15(14)2)29-23-24(31-21-13-17(4)16(3)12-20(21)30-23)32-35(33,34)22-8-6-5-7-19(22)25(26,27)28/h5-13H,1-4H3,(H,29,30)(H,31,32). The van der Waals surface area contributed by atoms with Gasteiger partial charge in [-0.15, -0.1) is 0 Å². The van der Waals surface area contributed by atoms with Crippen LogP contribution < -0.4 is 10.0 Å². The molecule has 6 nitrogen and oxygen atoms in total. The van der Waals surface area contributed by atoms with Crippen LogP contribution in [-0.4, -0.2) is 18.4 Å². The molecule has 0 atom stereocenters. The van der Waals surface area contributed by atoms with Crippen molar-refractivity contribution in [1.82, 2.24) is 9.97 Å². The lowest BCUT2D eigenvalue weighted by molar-refractivity contribution is -0.139. The molecule has 4 aromatic rings. The summed E-state index contributed by atoms with van der Waals surface area (Å²) in [6, 6.07) is 13.1. The van der Waals surface area contributed by atoms with Crippen molar-refractivity contribution in [3.05, 3.63) is 82.4 Å². The molecule has 0 unspecified atom stereocenters. The molecular formula is C25H23F3N4O2S. The van der Waals surface area contributed by atoms with Crippen molar-refractivity contribution in [1.29, 1.82) is 0 Å².